The van der Waals surface area contributed by atoms with E-state index in [0.29, 0.717) is 13.0 Å². The standard InChI is InChI=1S/C17H23NO4/c1-16(2,3)17(14(19)20)9-10-18(12-17)15(21)22-11-13-7-5-4-6-8-13/h4-8H,9-12H2,1-3H3,(H,19,20). The molecule has 0 radical (unpaired) electrons. The molecule has 0 saturated carbocycles. The van der Waals surface area contributed by atoms with Crippen molar-refractivity contribution in [1.29, 1.82) is 0 Å². The Hall–Kier alpha value is -2.04. The number of likely N-dealkylation sites (tertiary alicyclic amines) is 1. The first-order valence-electron chi connectivity index (χ1n) is 7.45. The fourth-order valence-corrected chi connectivity index (χ4v) is 2.88. The Kier molecular flexibility index (Phi) is 4.44. The van der Waals surface area contributed by atoms with Crippen molar-refractivity contribution < 1.29 is 19.4 Å². The molecule has 5 nitrogen and oxygen atoms in total. The zero-order chi connectivity index (χ0) is 16.4. The van der Waals surface area contributed by atoms with E-state index >= 15 is 0 Å². The summed E-state index contributed by atoms with van der Waals surface area (Å²) in [7, 11) is 0. The Bertz CT molecular complexity index is 550. The van der Waals surface area contributed by atoms with Crippen LogP contribution >= 0.6 is 0 Å². The van der Waals surface area contributed by atoms with Gasteiger partial charge in [0.05, 0.1) is 5.41 Å². The second-order valence-electron chi connectivity index (χ2n) is 6.85. The number of benzene rings is 1. The van der Waals surface area contributed by atoms with E-state index in [1.165, 1.54) is 4.90 Å². The van der Waals surface area contributed by atoms with Crippen LogP contribution < -0.4 is 0 Å². The molecule has 120 valence electrons. The van der Waals surface area contributed by atoms with Gasteiger partial charge in [-0.1, -0.05) is 51.1 Å². The van der Waals surface area contributed by atoms with E-state index in [2.05, 4.69) is 0 Å². The molecule has 1 aliphatic rings. The van der Waals surface area contributed by atoms with Crippen molar-refractivity contribution in [2.24, 2.45) is 10.8 Å². The summed E-state index contributed by atoms with van der Waals surface area (Å²) in [5.74, 6) is -0.849. The van der Waals surface area contributed by atoms with Crippen LogP contribution in [0.1, 0.15) is 32.8 Å². The minimum absolute atomic E-state index is 0.194. The van der Waals surface area contributed by atoms with Crippen molar-refractivity contribution in [3.05, 3.63) is 35.9 Å². The molecule has 1 saturated heterocycles. The van der Waals surface area contributed by atoms with Crippen LogP contribution in [-0.4, -0.2) is 35.2 Å². The maximum absolute atomic E-state index is 12.2. The number of carbonyl (C=O) groups is 2. The zero-order valence-corrected chi connectivity index (χ0v) is 13.3. The predicted octanol–water partition coefficient (Wildman–Crippen LogP) is 3.15. The summed E-state index contributed by atoms with van der Waals surface area (Å²) in [6.45, 7) is 6.52. The lowest BCUT2D eigenvalue weighted by Gasteiger charge is -2.37. The fraction of sp³-hybridized carbons (Fsp3) is 0.529. The van der Waals surface area contributed by atoms with Crippen LogP contribution in [0.25, 0.3) is 0 Å². The van der Waals surface area contributed by atoms with Crippen LogP contribution in [-0.2, 0) is 16.1 Å². The number of ether oxygens (including phenoxy) is 1. The number of carbonyl (C=O) groups excluding carboxylic acids is 1. The van der Waals surface area contributed by atoms with Crippen molar-refractivity contribution in [2.75, 3.05) is 13.1 Å². The third-order valence-electron chi connectivity index (χ3n) is 4.58. The fourth-order valence-electron chi connectivity index (χ4n) is 2.88. The number of hydrogen-bond donors (Lipinski definition) is 1. The lowest BCUT2D eigenvalue weighted by molar-refractivity contribution is -0.155. The van der Waals surface area contributed by atoms with Gasteiger partial charge < -0.3 is 14.7 Å². The van der Waals surface area contributed by atoms with E-state index < -0.39 is 22.9 Å². The molecule has 0 aromatic heterocycles. The van der Waals surface area contributed by atoms with Gasteiger partial charge in [0.15, 0.2) is 0 Å². The summed E-state index contributed by atoms with van der Waals surface area (Å²) in [5.41, 5.74) is -0.429. The molecule has 1 aliphatic heterocycles. The van der Waals surface area contributed by atoms with Gasteiger partial charge in [-0.05, 0) is 17.4 Å². The van der Waals surface area contributed by atoms with Gasteiger partial charge in [0, 0.05) is 13.1 Å². The Labute approximate surface area is 130 Å². The third kappa shape index (κ3) is 3.08. The number of carboxylic acids is 1. The van der Waals surface area contributed by atoms with Gasteiger partial charge >= 0.3 is 12.1 Å². The van der Waals surface area contributed by atoms with E-state index in [0.717, 1.165) is 5.56 Å². The molecule has 1 aromatic carbocycles. The highest BCUT2D eigenvalue weighted by atomic mass is 16.6. The van der Waals surface area contributed by atoms with Crippen LogP contribution in [0.5, 0.6) is 0 Å². The van der Waals surface area contributed by atoms with Gasteiger partial charge in [-0.2, -0.15) is 0 Å². The predicted molar refractivity (Wildman–Crippen MR) is 82.3 cm³/mol. The molecular formula is C17H23NO4. The second kappa shape index (κ2) is 5.99. The van der Waals surface area contributed by atoms with Gasteiger partial charge in [-0.25, -0.2) is 4.79 Å². The summed E-state index contributed by atoms with van der Waals surface area (Å²) in [6, 6.07) is 9.43. The van der Waals surface area contributed by atoms with Crippen LogP contribution in [0.4, 0.5) is 4.79 Å². The Balaban J connectivity index is 2.00. The van der Waals surface area contributed by atoms with Gasteiger partial charge in [-0.15, -0.1) is 0 Å². The average Bonchev–Trinajstić information content (AvgIpc) is 2.92. The first kappa shape index (κ1) is 16.3. The lowest BCUT2D eigenvalue weighted by atomic mass is 9.66. The van der Waals surface area contributed by atoms with Crippen LogP contribution in [0, 0.1) is 10.8 Å². The minimum atomic E-state index is -0.918. The lowest BCUT2D eigenvalue weighted by Crippen LogP contribution is -2.46. The summed E-state index contributed by atoms with van der Waals surface area (Å²) in [5, 5.41) is 9.63. The van der Waals surface area contributed by atoms with Gasteiger partial charge in [-0.3, -0.25) is 4.79 Å². The Morgan fingerprint density at radius 3 is 2.41 bits per heavy atom. The van der Waals surface area contributed by atoms with Crippen LogP contribution in [0.3, 0.4) is 0 Å². The summed E-state index contributed by atoms with van der Waals surface area (Å²) < 4.78 is 5.29. The summed E-state index contributed by atoms with van der Waals surface area (Å²) >= 11 is 0. The molecule has 1 amide bonds. The molecular weight excluding hydrogens is 282 g/mol. The molecule has 0 spiro atoms. The number of nitrogens with zero attached hydrogens (tertiary/aromatic N) is 1. The molecule has 1 aromatic rings. The number of hydrogen-bond acceptors (Lipinski definition) is 3. The molecule has 1 atom stereocenters. The van der Waals surface area contributed by atoms with Crippen molar-refractivity contribution in [3.63, 3.8) is 0 Å². The van der Waals surface area contributed by atoms with Crippen molar-refractivity contribution in [1.82, 2.24) is 4.90 Å². The number of rotatable bonds is 3. The molecule has 1 unspecified atom stereocenters. The Morgan fingerprint density at radius 2 is 1.91 bits per heavy atom. The number of amides is 1. The highest BCUT2D eigenvalue weighted by molar-refractivity contribution is 5.78. The van der Waals surface area contributed by atoms with Crippen LogP contribution in [0.15, 0.2) is 30.3 Å². The zero-order valence-electron chi connectivity index (χ0n) is 13.3. The molecule has 22 heavy (non-hydrogen) atoms. The second-order valence-corrected chi connectivity index (χ2v) is 6.85. The van der Waals surface area contributed by atoms with E-state index in [1.54, 1.807) is 0 Å². The highest BCUT2D eigenvalue weighted by Gasteiger charge is 2.54. The first-order chi connectivity index (χ1) is 10.3. The van der Waals surface area contributed by atoms with Crippen molar-refractivity contribution in [3.8, 4) is 0 Å². The van der Waals surface area contributed by atoms with Gasteiger partial charge in [0.25, 0.3) is 0 Å². The normalized spacial score (nSPS) is 21.7. The van der Waals surface area contributed by atoms with Gasteiger partial charge in [0.2, 0.25) is 0 Å². The van der Waals surface area contributed by atoms with E-state index in [4.69, 9.17) is 4.74 Å². The maximum atomic E-state index is 12.2. The highest BCUT2D eigenvalue weighted by Crippen LogP contribution is 2.46. The molecule has 5 heteroatoms. The Morgan fingerprint density at radius 1 is 1.27 bits per heavy atom. The van der Waals surface area contributed by atoms with Crippen molar-refractivity contribution in [2.45, 2.75) is 33.8 Å². The molecule has 0 bridgehead atoms. The molecule has 1 heterocycles. The largest absolute Gasteiger partial charge is 0.481 e. The SMILES string of the molecule is CC(C)(C)C1(C(=O)O)CCN(C(=O)OCc2ccccc2)C1. The first-order valence-corrected chi connectivity index (χ1v) is 7.45. The number of aliphatic carboxylic acids is 1. The summed E-state index contributed by atoms with van der Waals surface area (Å²) in [6.07, 6.45) is 0.00273. The number of carboxylic acid groups (broad SMARTS) is 1. The average molecular weight is 305 g/mol. The molecule has 2 rings (SSSR count). The minimum Gasteiger partial charge on any atom is -0.481 e. The van der Waals surface area contributed by atoms with E-state index in [-0.39, 0.29) is 13.2 Å². The van der Waals surface area contributed by atoms with E-state index in [9.17, 15) is 14.7 Å². The van der Waals surface area contributed by atoms with E-state index in [1.807, 2.05) is 51.1 Å². The van der Waals surface area contributed by atoms with Gasteiger partial charge in [0.1, 0.15) is 6.61 Å². The van der Waals surface area contributed by atoms with Crippen molar-refractivity contribution >= 4 is 12.1 Å². The third-order valence-corrected chi connectivity index (χ3v) is 4.58. The molecule has 0 aliphatic carbocycles. The van der Waals surface area contributed by atoms with Crippen LogP contribution in [0.2, 0.25) is 0 Å². The topological polar surface area (TPSA) is 66.8 Å². The summed E-state index contributed by atoms with van der Waals surface area (Å²) in [4.78, 5) is 25.4. The smallest absolute Gasteiger partial charge is 0.410 e. The quantitative estimate of drug-likeness (QED) is 0.931. The molecule has 1 fully saturated rings. The monoisotopic (exact) mass is 305 g/mol. The maximum Gasteiger partial charge on any atom is 0.410 e. The molecule has 1 N–H and O–H groups in total.